The number of hydrogen-bond acceptors (Lipinski definition) is 5. The molecular formula is C16H20ClN7. The number of rotatable bonds is 7. The summed E-state index contributed by atoms with van der Waals surface area (Å²) in [6.07, 6.45) is 6.48. The highest BCUT2D eigenvalue weighted by Gasteiger charge is 2.07. The van der Waals surface area contributed by atoms with Crippen LogP contribution in [0.4, 0.5) is 0 Å². The molecule has 3 aromatic rings. The molecule has 0 bridgehead atoms. The molecule has 0 radical (unpaired) electrons. The Labute approximate surface area is 145 Å². The van der Waals surface area contributed by atoms with Gasteiger partial charge in [0.15, 0.2) is 0 Å². The summed E-state index contributed by atoms with van der Waals surface area (Å²) in [5.41, 5.74) is 3.24. The maximum absolute atomic E-state index is 5.81. The second-order valence-corrected chi connectivity index (χ2v) is 6.22. The first-order valence-electron chi connectivity index (χ1n) is 7.75. The van der Waals surface area contributed by atoms with E-state index in [-0.39, 0.29) is 0 Å². The van der Waals surface area contributed by atoms with Gasteiger partial charge in [0.05, 0.1) is 5.69 Å². The lowest BCUT2D eigenvalue weighted by Gasteiger charge is -2.14. The van der Waals surface area contributed by atoms with Crippen LogP contribution in [0.5, 0.6) is 0 Å². The predicted molar refractivity (Wildman–Crippen MR) is 91.4 cm³/mol. The second-order valence-electron chi connectivity index (χ2n) is 5.83. The third kappa shape index (κ3) is 4.39. The molecule has 8 heteroatoms. The van der Waals surface area contributed by atoms with Gasteiger partial charge in [-0.3, -0.25) is 14.3 Å². The van der Waals surface area contributed by atoms with E-state index < -0.39 is 0 Å². The Hall–Kier alpha value is -2.25. The van der Waals surface area contributed by atoms with Gasteiger partial charge >= 0.3 is 0 Å². The van der Waals surface area contributed by atoms with E-state index in [4.69, 9.17) is 11.6 Å². The summed E-state index contributed by atoms with van der Waals surface area (Å²) in [5, 5.41) is 13.1. The summed E-state index contributed by atoms with van der Waals surface area (Å²) in [7, 11) is 3.99. The Morgan fingerprint density at radius 3 is 2.79 bits per heavy atom. The molecule has 24 heavy (non-hydrogen) atoms. The minimum absolute atomic E-state index is 0.512. The summed E-state index contributed by atoms with van der Waals surface area (Å²) in [6, 6.07) is 5.81. The van der Waals surface area contributed by atoms with Gasteiger partial charge in [-0.05, 0) is 24.7 Å². The van der Waals surface area contributed by atoms with Gasteiger partial charge in [-0.15, -0.1) is 5.10 Å². The summed E-state index contributed by atoms with van der Waals surface area (Å²) in [5.74, 6) is 0. The first kappa shape index (κ1) is 16.6. The maximum atomic E-state index is 5.81. The molecule has 0 amide bonds. The number of aromatic nitrogens is 6. The molecule has 3 rings (SSSR count). The molecule has 0 aromatic carbocycles. The predicted octanol–water partition coefficient (Wildman–Crippen LogP) is 1.93. The van der Waals surface area contributed by atoms with Crippen LogP contribution in [0.1, 0.15) is 17.0 Å². The minimum atomic E-state index is 0.512. The van der Waals surface area contributed by atoms with Crippen molar-refractivity contribution in [3.8, 4) is 0 Å². The molecular weight excluding hydrogens is 326 g/mol. The third-order valence-electron chi connectivity index (χ3n) is 3.78. The molecule has 0 unspecified atom stereocenters. The van der Waals surface area contributed by atoms with Gasteiger partial charge in [0.2, 0.25) is 0 Å². The van der Waals surface area contributed by atoms with E-state index >= 15 is 0 Å². The highest BCUT2D eigenvalue weighted by molar-refractivity contribution is 6.29. The van der Waals surface area contributed by atoms with Crippen molar-refractivity contribution in [2.24, 2.45) is 7.05 Å². The molecule has 3 aromatic heterocycles. The fourth-order valence-corrected chi connectivity index (χ4v) is 2.65. The van der Waals surface area contributed by atoms with Gasteiger partial charge in [0, 0.05) is 57.4 Å². The van der Waals surface area contributed by atoms with Gasteiger partial charge in [-0.2, -0.15) is 5.10 Å². The maximum Gasteiger partial charge on any atom is 0.129 e. The van der Waals surface area contributed by atoms with Gasteiger partial charge in [0.25, 0.3) is 0 Å². The molecule has 0 N–H and O–H groups in total. The number of halogens is 1. The zero-order chi connectivity index (χ0) is 16.9. The van der Waals surface area contributed by atoms with E-state index in [0.29, 0.717) is 5.15 Å². The smallest absolute Gasteiger partial charge is 0.129 e. The summed E-state index contributed by atoms with van der Waals surface area (Å²) in [4.78, 5) is 6.27. The first-order chi connectivity index (χ1) is 11.6. The van der Waals surface area contributed by atoms with Crippen molar-refractivity contribution in [2.75, 3.05) is 7.05 Å². The molecule has 7 nitrogen and oxygen atoms in total. The van der Waals surface area contributed by atoms with E-state index in [1.54, 1.807) is 12.3 Å². The standard InChI is InChI=1S/C16H20ClN7/c1-22(10-13-3-4-16(17)18-9-13)11-14-12-24(21-20-14)8-6-15-5-7-19-23(15)2/h3-5,7,9,12H,6,8,10-11H2,1-2H3. The Kier molecular flexibility index (Phi) is 5.22. The van der Waals surface area contributed by atoms with Gasteiger partial charge in [0.1, 0.15) is 5.15 Å². The van der Waals surface area contributed by atoms with E-state index in [9.17, 15) is 0 Å². The van der Waals surface area contributed by atoms with E-state index in [1.165, 1.54) is 5.69 Å². The molecule has 0 aliphatic heterocycles. The zero-order valence-electron chi connectivity index (χ0n) is 13.8. The quantitative estimate of drug-likeness (QED) is 0.612. The van der Waals surface area contributed by atoms with Crippen LogP contribution >= 0.6 is 11.6 Å². The van der Waals surface area contributed by atoms with Gasteiger partial charge in [-0.1, -0.05) is 22.9 Å². The van der Waals surface area contributed by atoms with E-state index in [0.717, 1.165) is 37.3 Å². The van der Waals surface area contributed by atoms with Gasteiger partial charge in [-0.25, -0.2) is 4.98 Å². The molecule has 3 heterocycles. The molecule has 0 atom stereocenters. The van der Waals surface area contributed by atoms with Crippen molar-refractivity contribution in [1.29, 1.82) is 0 Å². The SMILES string of the molecule is CN(Cc1ccc(Cl)nc1)Cc1cn(CCc2ccnn2C)nn1. The monoisotopic (exact) mass is 345 g/mol. The number of nitrogens with zero attached hydrogens (tertiary/aromatic N) is 7. The first-order valence-corrected chi connectivity index (χ1v) is 8.13. The Bertz CT molecular complexity index is 778. The van der Waals surface area contributed by atoms with Crippen LogP contribution in [0.3, 0.4) is 0 Å². The lowest BCUT2D eigenvalue weighted by atomic mass is 10.2. The second kappa shape index (κ2) is 7.55. The largest absolute Gasteiger partial charge is 0.296 e. The Morgan fingerprint density at radius 1 is 1.21 bits per heavy atom. The topological polar surface area (TPSA) is 64.7 Å². The zero-order valence-corrected chi connectivity index (χ0v) is 14.6. The summed E-state index contributed by atoms with van der Waals surface area (Å²) < 4.78 is 3.76. The molecule has 0 aliphatic carbocycles. The lowest BCUT2D eigenvalue weighted by molar-refractivity contribution is 0.314. The van der Waals surface area contributed by atoms with Crippen molar-refractivity contribution in [2.45, 2.75) is 26.1 Å². The highest BCUT2D eigenvalue weighted by atomic mass is 35.5. The molecule has 0 spiro atoms. The van der Waals surface area contributed by atoms with Crippen LogP contribution in [0.2, 0.25) is 5.15 Å². The fraction of sp³-hybridized carbons (Fsp3) is 0.375. The van der Waals surface area contributed by atoms with Crippen molar-refractivity contribution in [3.63, 3.8) is 0 Å². The summed E-state index contributed by atoms with van der Waals surface area (Å²) >= 11 is 5.81. The van der Waals surface area contributed by atoms with Crippen LogP contribution in [0, 0.1) is 0 Å². The van der Waals surface area contributed by atoms with E-state index in [1.807, 2.05) is 48.0 Å². The highest BCUT2D eigenvalue weighted by Crippen LogP contribution is 2.09. The van der Waals surface area contributed by atoms with Crippen LogP contribution in [0.15, 0.2) is 36.8 Å². The average molecular weight is 346 g/mol. The van der Waals surface area contributed by atoms with Crippen molar-refractivity contribution < 1.29 is 0 Å². The molecule has 0 saturated heterocycles. The average Bonchev–Trinajstić information content (AvgIpc) is 3.16. The molecule has 0 saturated carbocycles. The Morgan fingerprint density at radius 2 is 2.08 bits per heavy atom. The van der Waals surface area contributed by atoms with Crippen LogP contribution in [-0.2, 0) is 33.1 Å². The van der Waals surface area contributed by atoms with Crippen LogP contribution < -0.4 is 0 Å². The van der Waals surface area contributed by atoms with Crippen LogP contribution in [0.25, 0.3) is 0 Å². The molecule has 0 fully saturated rings. The van der Waals surface area contributed by atoms with Crippen LogP contribution in [-0.4, -0.2) is 41.7 Å². The molecule has 0 aliphatic rings. The fourth-order valence-electron chi connectivity index (χ4n) is 2.54. The number of pyridine rings is 1. The Balaban J connectivity index is 1.51. The number of hydrogen-bond donors (Lipinski definition) is 0. The normalized spacial score (nSPS) is 11.3. The van der Waals surface area contributed by atoms with Crippen molar-refractivity contribution in [3.05, 3.63) is 58.9 Å². The van der Waals surface area contributed by atoms with Crippen molar-refractivity contribution in [1.82, 2.24) is 34.7 Å². The summed E-state index contributed by atoms with van der Waals surface area (Å²) in [6.45, 7) is 2.30. The van der Waals surface area contributed by atoms with Gasteiger partial charge < -0.3 is 0 Å². The van der Waals surface area contributed by atoms with Crippen molar-refractivity contribution >= 4 is 11.6 Å². The third-order valence-corrected chi connectivity index (χ3v) is 4.00. The molecule has 126 valence electrons. The van der Waals surface area contributed by atoms with E-state index in [2.05, 4.69) is 25.3 Å². The number of aryl methyl sites for hydroxylation is 3. The minimum Gasteiger partial charge on any atom is -0.296 e. The lowest BCUT2D eigenvalue weighted by Crippen LogP contribution is -2.17.